The lowest BCUT2D eigenvalue weighted by Crippen LogP contribution is -2.18. The molecular weight excluding hydrogens is 219 g/mol. The van der Waals surface area contributed by atoms with Gasteiger partial charge in [0.2, 0.25) is 0 Å². The third kappa shape index (κ3) is 4.00. The quantitative estimate of drug-likeness (QED) is 0.807. The fraction of sp³-hybridized carbons (Fsp3) is 0.455. The Morgan fingerprint density at radius 1 is 1.31 bits per heavy atom. The van der Waals surface area contributed by atoms with Gasteiger partial charge in [0, 0.05) is 0 Å². The van der Waals surface area contributed by atoms with Crippen LogP contribution in [0.25, 0.3) is 0 Å². The second-order valence-electron chi connectivity index (χ2n) is 3.52. The standard InChI is InChI=1S/C11H14F3NO/c1-2-3-4-8-5-6-9(15)10(7-8)16-11(12,13)14/h5-7H,2-4,15H2,1H3. The first kappa shape index (κ1) is 12.7. The van der Waals surface area contributed by atoms with Gasteiger partial charge in [0.05, 0.1) is 5.69 Å². The summed E-state index contributed by atoms with van der Waals surface area (Å²) in [5.41, 5.74) is 6.20. The molecule has 1 rings (SSSR count). The molecule has 0 aliphatic carbocycles. The molecule has 1 aromatic rings. The predicted molar refractivity (Wildman–Crippen MR) is 56.1 cm³/mol. The zero-order valence-electron chi connectivity index (χ0n) is 8.97. The summed E-state index contributed by atoms with van der Waals surface area (Å²) in [5, 5.41) is 0. The molecule has 0 aliphatic heterocycles. The van der Waals surface area contributed by atoms with E-state index in [-0.39, 0.29) is 11.4 Å². The monoisotopic (exact) mass is 233 g/mol. The number of nitrogen functional groups attached to an aromatic ring is 1. The molecule has 0 saturated carbocycles. The highest BCUT2D eigenvalue weighted by atomic mass is 19.4. The average molecular weight is 233 g/mol. The van der Waals surface area contributed by atoms with Crippen molar-refractivity contribution in [2.45, 2.75) is 32.5 Å². The number of anilines is 1. The molecule has 0 aromatic heterocycles. The maximum absolute atomic E-state index is 12.0. The Hall–Kier alpha value is -1.39. The normalized spacial score (nSPS) is 11.5. The summed E-state index contributed by atoms with van der Waals surface area (Å²) in [5.74, 6) is -0.318. The van der Waals surface area contributed by atoms with Crippen molar-refractivity contribution in [3.8, 4) is 5.75 Å². The summed E-state index contributed by atoms with van der Waals surface area (Å²) in [6.45, 7) is 2.02. The molecule has 5 heteroatoms. The Labute approximate surface area is 92.2 Å². The summed E-state index contributed by atoms with van der Waals surface area (Å²) in [7, 11) is 0. The third-order valence-electron chi connectivity index (χ3n) is 2.12. The smallest absolute Gasteiger partial charge is 0.404 e. The molecule has 2 nitrogen and oxygen atoms in total. The van der Waals surface area contributed by atoms with E-state index in [1.165, 1.54) is 12.1 Å². The third-order valence-corrected chi connectivity index (χ3v) is 2.12. The van der Waals surface area contributed by atoms with E-state index in [4.69, 9.17) is 5.73 Å². The van der Waals surface area contributed by atoms with Crippen molar-refractivity contribution in [2.24, 2.45) is 0 Å². The molecule has 1 aromatic carbocycles. The second kappa shape index (κ2) is 5.09. The van der Waals surface area contributed by atoms with Crippen molar-refractivity contribution in [1.29, 1.82) is 0 Å². The number of hydrogen-bond donors (Lipinski definition) is 1. The first-order valence-electron chi connectivity index (χ1n) is 5.06. The minimum atomic E-state index is -4.70. The molecule has 0 fully saturated rings. The number of alkyl halides is 3. The maximum atomic E-state index is 12.0. The van der Waals surface area contributed by atoms with Crippen LogP contribution in [0, 0.1) is 0 Å². The second-order valence-corrected chi connectivity index (χ2v) is 3.52. The highest BCUT2D eigenvalue weighted by Gasteiger charge is 2.31. The Balaban J connectivity index is 2.82. The Kier molecular flexibility index (Phi) is 4.04. The summed E-state index contributed by atoms with van der Waals surface area (Å²) in [4.78, 5) is 0. The fourth-order valence-corrected chi connectivity index (χ4v) is 1.33. The van der Waals surface area contributed by atoms with Gasteiger partial charge in [-0.15, -0.1) is 13.2 Å². The van der Waals surface area contributed by atoms with Crippen LogP contribution >= 0.6 is 0 Å². The first-order valence-corrected chi connectivity index (χ1v) is 5.06. The van der Waals surface area contributed by atoms with E-state index in [1.54, 1.807) is 6.07 Å². The van der Waals surface area contributed by atoms with E-state index in [1.807, 2.05) is 6.92 Å². The van der Waals surface area contributed by atoms with Gasteiger partial charge in [0.1, 0.15) is 0 Å². The number of hydrogen-bond acceptors (Lipinski definition) is 2. The van der Waals surface area contributed by atoms with E-state index in [0.29, 0.717) is 0 Å². The number of benzene rings is 1. The molecule has 0 spiro atoms. The molecule has 0 heterocycles. The fourth-order valence-electron chi connectivity index (χ4n) is 1.33. The highest BCUT2D eigenvalue weighted by molar-refractivity contribution is 5.54. The first-order chi connectivity index (χ1) is 7.42. The molecule has 0 unspecified atom stereocenters. The van der Waals surface area contributed by atoms with Gasteiger partial charge in [-0.25, -0.2) is 0 Å². The molecule has 2 N–H and O–H groups in total. The lowest BCUT2D eigenvalue weighted by Gasteiger charge is -2.12. The zero-order valence-corrected chi connectivity index (χ0v) is 8.97. The van der Waals surface area contributed by atoms with Gasteiger partial charge in [-0.1, -0.05) is 19.4 Å². The van der Waals surface area contributed by atoms with Crippen LogP contribution in [0.15, 0.2) is 18.2 Å². The summed E-state index contributed by atoms with van der Waals surface area (Å²) < 4.78 is 39.9. The molecule has 90 valence electrons. The van der Waals surface area contributed by atoms with Gasteiger partial charge in [0.15, 0.2) is 5.75 Å². The van der Waals surface area contributed by atoms with Crippen molar-refractivity contribution in [2.75, 3.05) is 5.73 Å². The van der Waals surface area contributed by atoms with E-state index in [2.05, 4.69) is 4.74 Å². The van der Waals surface area contributed by atoms with E-state index in [0.717, 1.165) is 24.8 Å². The Morgan fingerprint density at radius 3 is 2.56 bits per heavy atom. The number of ether oxygens (including phenoxy) is 1. The van der Waals surface area contributed by atoms with Gasteiger partial charge < -0.3 is 10.5 Å². The Morgan fingerprint density at radius 2 is 2.00 bits per heavy atom. The zero-order chi connectivity index (χ0) is 12.2. The van der Waals surface area contributed by atoms with Crippen LogP contribution in [-0.4, -0.2) is 6.36 Å². The highest BCUT2D eigenvalue weighted by Crippen LogP contribution is 2.29. The number of halogens is 3. The summed E-state index contributed by atoms with van der Waals surface area (Å²) >= 11 is 0. The van der Waals surface area contributed by atoms with Gasteiger partial charge in [-0.05, 0) is 30.5 Å². The lowest BCUT2D eigenvalue weighted by molar-refractivity contribution is -0.274. The van der Waals surface area contributed by atoms with Crippen LogP contribution in [0.3, 0.4) is 0 Å². The van der Waals surface area contributed by atoms with Gasteiger partial charge in [0.25, 0.3) is 0 Å². The van der Waals surface area contributed by atoms with Crippen LogP contribution in [0.5, 0.6) is 5.75 Å². The topological polar surface area (TPSA) is 35.2 Å². The molecule has 0 amide bonds. The van der Waals surface area contributed by atoms with Gasteiger partial charge in [-0.2, -0.15) is 0 Å². The minimum absolute atomic E-state index is 0.00225. The van der Waals surface area contributed by atoms with Crippen LogP contribution in [-0.2, 0) is 6.42 Å². The van der Waals surface area contributed by atoms with E-state index >= 15 is 0 Å². The SMILES string of the molecule is CCCCc1ccc(N)c(OC(F)(F)F)c1. The molecule has 0 radical (unpaired) electrons. The summed E-state index contributed by atoms with van der Waals surface area (Å²) in [6.07, 6.45) is -2.06. The van der Waals surface area contributed by atoms with Gasteiger partial charge in [-0.3, -0.25) is 0 Å². The van der Waals surface area contributed by atoms with E-state index in [9.17, 15) is 13.2 Å². The molecule has 0 aliphatic rings. The molecule has 0 bridgehead atoms. The number of aryl methyl sites for hydroxylation is 1. The van der Waals surface area contributed by atoms with Crippen LogP contribution in [0.2, 0.25) is 0 Å². The molecule has 0 saturated heterocycles. The number of rotatable bonds is 4. The van der Waals surface area contributed by atoms with Crippen LogP contribution in [0.4, 0.5) is 18.9 Å². The van der Waals surface area contributed by atoms with E-state index < -0.39 is 6.36 Å². The predicted octanol–water partition coefficient (Wildman–Crippen LogP) is 3.51. The Bertz CT molecular complexity index is 350. The van der Waals surface area contributed by atoms with Crippen LogP contribution < -0.4 is 10.5 Å². The maximum Gasteiger partial charge on any atom is 0.573 e. The molecular formula is C11H14F3NO. The average Bonchev–Trinajstić information content (AvgIpc) is 2.17. The number of unbranched alkanes of at least 4 members (excludes halogenated alkanes) is 1. The summed E-state index contributed by atoms with van der Waals surface area (Å²) in [6, 6.07) is 4.50. The molecule has 0 atom stereocenters. The lowest BCUT2D eigenvalue weighted by atomic mass is 10.1. The van der Waals surface area contributed by atoms with Crippen molar-refractivity contribution >= 4 is 5.69 Å². The molecule has 16 heavy (non-hydrogen) atoms. The van der Waals surface area contributed by atoms with Gasteiger partial charge >= 0.3 is 6.36 Å². The number of nitrogens with two attached hydrogens (primary N) is 1. The largest absolute Gasteiger partial charge is 0.573 e. The van der Waals surface area contributed by atoms with Crippen molar-refractivity contribution in [1.82, 2.24) is 0 Å². The van der Waals surface area contributed by atoms with Crippen molar-refractivity contribution in [3.05, 3.63) is 23.8 Å². The van der Waals surface area contributed by atoms with Crippen LogP contribution in [0.1, 0.15) is 25.3 Å². The van der Waals surface area contributed by atoms with Crippen molar-refractivity contribution < 1.29 is 17.9 Å². The minimum Gasteiger partial charge on any atom is -0.404 e. The van der Waals surface area contributed by atoms with Crippen molar-refractivity contribution in [3.63, 3.8) is 0 Å².